The maximum atomic E-state index is 13.2. The van der Waals surface area contributed by atoms with Gasteiger partial charge in [0.25, 0.3) is 10.0 Å². The van der Waals surface area contributed by atoms with Crippen molar-refractivity contribution >= 4 is 45.4 Å². The average molecular weight is 679 g/mol. The van der Waals surface area contributed by atoms with Crippen LogP contribution in [0.1, 0.15) is 66.5 Å². The van der Waals surface area contributed by atoms with E-state index in [0.717, 1.165) is 80.4 Å². The Morgan fingerprint density at radius 3 is 2.60 bits per heavy atom. The molecule has 7 rings (SSSR count). The van der Waals surface area contributed by atoms with Gasteiger partial charge in [0, 0.05) is 23.1 Å². The summed E-state index contributed by atoms with van der Waals surface area (Å²) >= 11 is 1.86. The number of hydrogen-bond acceptors (Lipinski definition) is 8. The maximum absolute atomic E-state index is 13.2. The van der Waals surface area contributed by atoms with Crippen LogP contribution in [-0.2, 0) is 47.0 Å². The SMILES string of the molecule is O=C(CCCC[C@@H]1SC[C@@H]2NC(=O)N[C@@H]21)NCc1cn(-c2cccc(S(=O)(=O)NC(=O)Nc3c4c(cc5c3CCC5)CCC4)c2)nn1. The van der Waals surface area contributed by atoms with Crippen molar-refractivity contribution < 1.29 is 22.8 Å². The number of hydrogen-bond donors (Lipinski definition) is 5. The predicted octanol–water partition coefficient (Wildman–Crippen LogP) is 3.10. The first-order valence-electron chi connectivity index (χ1n) is 16.2. The molecule has 0 unspecified atom stereocenters. The summed E-state index contributed by atoms with van der Waals surface area (Å²) in [6.07, 6.45) is 10.4. The van der Waals surface area contributed by atoms with Crippen LogP contribution in [0.5, 0.6) is 0 Å². The molecule has 248 valence electrons. The van der Waals surface area contributed by atoms with Crippen molar-refractivity contribution in [3.63, 3.8) is 0 Å². The number of unbranched alkanes of at least 4 members (excludes halogenated alkanes) is 1. The van der Waals surface area contributed by atoms with Gasteiger partial charge in [-0.2, -0.15) is 11.8 Å². The number of amides is 5. The largest absolute Gasteiger partial charge is 0.350 e. The lowest BCUT2D eigenvalue weighted by Crippen LogP contribution is -2.36. The van der Waals surface area contributed by atoms with E-state index in [-0.39, 0.29) is 35.5 Å². The molecule has 5 amide bonds. The number of thioether (sulfide) groups is 1. The monoisotopic (exact) mass is 678 g/mol. The summed E-state index contributed by atoms with van der Waals surface area (Å²) in [6, 6.07) is 7.84. The van der Waals surface area contributed by atoms with Crippen LogP contribution in [-0.4, -0.2) is 64.5 Å². The molecule has 13 nitrogen and oxygen atoms in total. The Hall–Kier alpha value is -4.11. The molecule has 0 spiro atoms. The highest BCUT2D eigenvalue weighted by molar-refractivity contribution is 8.00. The molecule has 4 aliphatic rings. The van der Waals surface area contributed by atoms with Crippen molar-refractivity contribution in [3.05, 3.63) is 64.5 Å². The molecule has 3 aromatic rings. The zero-order chi connectivity index (χ0) is 32.5. The fourth-order valence-electron chi connectivity index (χ4n) is 7.14. The number of fused-ring (bicyclic) bond motifs is 3. The number of aryl methyl sites for hydroxylation is 2. The van der Waals surface area contributed by atoms with E-state index >= 15 is 0 Å². The zero-order valence-corrected chi connectivity index (χ0v) is 27.5. The Kier molecular flexibility index (Phi) is 8.83. The lowest BCUT2D eigenvalue weighted by molar-refractivity contribution is -0.121. The van der Waals surface area contributed by atoms with Crippen LogP contribution in [0.4, 0.5) is 15.3 Å². The number of sulfonamides is 1. The third-order valence-electron chi connectivity index (χ3n) is 9.42. The van der Waals surface area contributed by atoms with Gasteiger partial charge >= 0.3 is 12.1 Å². The molecule has 2 aliphatic carbocycles. The molecule has 5 N–H and O–H groups in total. The second-order valence-electron chi connectivity index (χ2n) is 12.6. The Balaban J connectivity index is 0.905. The van der Waals surface area contributed by atoms with Gasteiger partial charge in [-0.25, -0.2) is 27.4 Å². The molecule has 0 saturated carbocycles. The van der Waals surface area contributed by atoms with E-state index in [1.807, 2.05) is 11.8 Å². The molecule has 2 saturated heterocycles. The van der Waals surface area contributed by atoms with Crippen molar-refractivity contribution in [3.8, 4) is 5.69 Å². The van der Waals surface area contributed by atoms with E-state index in [9.17, 15) is 22.8 Å². The van der Waals surface area contributed by atoms with Crippen LogP contribution in [0.2, 0.25) is 0 Å². The number of anilines is 1. The Labute approximate surface area is 277 Å². The van der Waals surface area contributed by atoms with Crippen LogP contribution in [0.25, 0.3) is 5.69 Å². The van der Waals surface area contributed by atoms with Gasteiger partial charge in [0.1, 0.15) is 5.69 Å². The van der Waals surface area contributed by atoms with E-state index in [0.29, 0.717) is 23.1 Å². The molecule has 47 heavy (non-hydrogen) atoms. The number of nitrogens with one attached hydrogen (secondary N) is 5. The number of benzene rings is 2. The summed E-state index contributed by atoms with van der Waals surface area (Å²) < 4.78 is 30.1. The molecule has 3 atom stereocenters. The number of aromatic nitrogens is 3. The van der Waals surface area contributed by atoms with E-state index in [1.54, 1.807) is 18.3 Å². The molecule has 1 aromatic heterocycles. The number of carbonyl (C=O) groups excluding carboxylic acids is 3. The van der Waals surface area contributed by atoms with Crippen molar-refractivity contribution in [2.45, 2.75) is 93.0 Å². The highest BCUT2D eigenvalue weighted by Crippen LogP contribution is 2.38. The maximum Gasteiger partial charge on any atom is 0.333 e. The van der Waals surface area contributed by atoms with Gasteiger partial charge in [0.15, 0.2) is 0 Å². The minimum absolute atomic E-state index is 0.0860. The van der Waals surface area contributed by atoms with Crippen LogP contribution >= 0.6 is 11.8 Å². The molecule has 2 fully saturated rings. The van der Waals surface area contributed by atoms with Gasteiger partial charge in [-0.3, -0.25) is 4.79 Å². The smallest absolute Gasteiger partial charge is 0.333 e. The van der Waals surface area contributed by atoms with Gasteiger partial charge in [-0.1, -0.05) is 23.8 Å². The summed E-state index contributed by atoms with van der Waals surface area (Å²) in [5.74, 6) is 0.830. The topological polar surface area (TPSA) is 176 Å². The Bertz CT molecular complexity index is 1800. The van der Waals surface area contributed by atoms with Gasteiger partial charge in [-0.05, 0) is 91.8 Å². The van der Waals surface area contributed by atoms with Gasteiger partial charge in [0.2, 0.25) is 5.91 Å². The van der Waals surface area contributed by atoms with Gasteiger partial charge in [0.05, 0.1) is 35.4 Å². The van der Waals surface area contributed by atoms with Crippen LogP contribution in [0.15, 0.2) is 41.4 Å². The van der Waals surface area contributed by atoms with Gasteiger partial charge in [-0.15, -0.1) is 5.10 Å². The standard InChI is InChI=1S/C32H38N8O5S2/c41-28(13-2-1-12-27-30-26(18-46-27)34-31(42)36-30)33-16-21-17-40(39-37-21)22-8-5-9-23(15-22)47(44,45)38-32(43)35-29-24-10-3-6-19(24)14-20-7-4-11-25(20)29/h5,8-9,14-15,17,26-27,30H,1-4,6-7,10-13,16,18H2,(H,33,41)(H2,34,36,42)(H2,35,38,43)/t26-,27-,30-/m0/s1. The first-order valence-corrected chi connectivity index (χ1v) is 18.7. The number of urea groups is 2. The summed E-state index contributed by atoms with van der Waals surface area (Å²) in [5.41, 5.74) is 6.46. The predicted molar refractivity (Wildman–Crippen MR) is 177 cm³/mol. The van der Waals surface area contributed by atoms with Crippen molar-refractivity contribution in [1.82, 2.24) is 35.7 Å². The normalized spacial score (nSPS) is 21.0. The van der Waals surface area contributed by atoms with E-state index in [1.165, 1.54) is 27.9 Å². The molecule has 2 aliphatic heterocycles. The fraction of sp³-hybridized carbons (Fsp3) is 0.469. The summed E-state index contributed by atoms with van der Waals surface area (Å²) in [7, 11) is -4.18. The van der Waals surface area contributed by atoms with E-state index in [2.05, 4.69) is 42.4 Å². The highest BCUT2D eigenvalue weighted by Gasteiger charge is 2.42. The summed E-state index contributed by atoms with van der Waals surface area (Å²) in [6.45, 7) is 0.186. The molecule has 0 radical (unpaired) electrons. The second kappa shape index (κ2) is 13.2. The lowest BCUT2D eigenvalue weighted by Gasteiger charge is -2.16. The molecular formula is C32H38N8O5S2. The first kappa shape index (κ1) is 31.5. The minimum atomic E-state index is -4.18. The van der Waals surface area contributed by atoms with Gasteiger partial charge < -0.3 is 21.3 Å². The Morgan fingerprint density at radius 2 is 1.81 bits per heavy atom. The first-order chi connectivity index (χ1) is 22.7. The third-order valence-corrected chi connectivity index (χ3v) is 12.3. The zero-order valence-electron chi connectivity index (χ0n) is 25.9. The number of nitrogens with zero attached hydrogens (tertiary/aromatic N) is 3. The molecule has 15 heteroatoms. The molecule has 2 aromatic carbocycles. The fourth-order valence-corrected chi connectivity index (χ4v) is 9.63. The van der Waals surface area contributed by atoms with Crippen LogP contribution in [0, 0.1) is 0 Å². The lowest BCUT2D eigenvalue weighted by atomic mass is 9.99. The molecule has 0 bridgehead atoms. The quantitative estimate of drug-likeness (QED) is 0.152. The molecule has 3 heterocycles. The minimum Gasteiger partial charge on any atom is -0.350 e. The second-order valence-corrected chi connectivity index (χ2v) is 15.5. The highest BCUT2D eigenvalue weighted by atomic mass is 32.2. The van der Waals surface area contributed by atoms with Crippen LogP contribution in [0.3, 0.4) is 0 Å². The van der Waals surface area contributed by atoms with E-state index in [4.69, 9.17) is 0 Å². The van der Waals surface area contributed by atoms with Crippen molar-refractivity contribution in [2.24, 2.45) is 0 Å². The van der Waals surface area contributed by atoms with Crippen molar-refractivity contribution in [2.75, 3.05) is 11.1 Å². The van der Waals surface area contributed by atoms with E-state index < -0.39 is 16.1 Å². The third kappa shape index (κ3) is 6.82. The summed E-state index contributed by atoms with van der Waals surface area (Å²) in [4.78, 5) is 36.9. The number of rotatable bonds is 11. The average Bonchev–Trinajstić information content (AvgIpc) is 3.88. The molecular weight excluding hydrogens is 641 g/mol. The number of carbonyl (C=O) groups is 3. The van der Waals surface area contributed by atoms with Crippen LogP contribution < -0.4 is 26.0 Å². The summed E-state index contributed by atoms with van der Waals surface area (Å²) in [5, 5.41) is 20.3. The van der Waals surface area contributed by atoms with Crippen molar-refractivity contribution in [1.29, 1.82) is 0 Å². The Morgan fingerprint density at radius 1 is 1.02 bits per heavy atom.